The number of hydrogen-bond donors (Lipinski definition) is 2. The number of rotatable bonds is 3. The van der Waals surface area contributed by atoms with E-state index >= 15 is 0 Å². The number of carbonyl (C=O) groups excluding carboxylic acids is 1. The van der Waals surface area contributed by atoms with Gasteiger partial charge in [0.05, 0.1) is 15.6 Å². The summed E-state index contributed by atoms with van der Waals surface area (Å²) in [6.07, 6.45) is 2.78. The lowest BCUT2D eigenvalue weighted by atomic mass is 10.2. The van der Waals surface area contributed by atoms with Crippen LogP contribution in [0.25, 0.3) is 0 Å². The van der Waals surface area contributed by atoms with Crippen LogP contribution < -0.4 is 20.1 Å². The number of nitrogens with one attached hydrogen (secondary N) is 2. The Kier molecular flexibility index (Phi) is 4.21. The van der Waals surface area contributed by atoms with Crippen molar-refractivity contribution in [1.82, 2.24) is 0 Å². The van der Waals surface area contributed by atoms with Gasteiger partial charge in [-0.3, -0.25) is 10.1 Å². The first kappa shape index (κ1) is 15.6. The summed E-state index contributed by atoms with van der Waals surface area (Å²) in [4.78, 5) is 22.1. The Bertz CT molecular complexity index is 853. The average molecular weight is 348 g/mol. The van der Waals surface area contributed by atoms with E-state index in [9.17, 15) is 14.9 Å². The van der Waals surface area contributed by atoms with Gasteiger partial charge in [0.2, 0.25) is 0 Å². The Morgan fingerprint density at radius 1 is 1.04 bits per heavy atom. The minimum Gasteiger partial charge on any atom is -0.458 e. The van der Waals surface area contributed by atoms with E-state index in [-0.39, 0.29) is 16.4 Å². The van der Waals surface area contributed by atoms with Crippen LogP contribution in [-0.4, -0.2) is 11.0 Å². The number of nitro benzene ring substituents is 1. The van der Waals surface area contributed by atoms with E-state index in [1.807, 2.05) is 0 Å². The van der Waals surface area contributed by atoms with Crippen molar-refractivity contribution in [2.45, 2.75) is 0 Å². The standard InChI is InChI=1S/C15H10ClN3O5/c16-11-8-10(19(21)22)2-3-12(11)18-15(20)17-9-1-4-13-14(7-9)24-6-5-23-13/h1-8H,(H2,17,18,20). The van der Waals surface area contributed by atoms with E-state index in [1.165, 1.54) is 24.7 Å². The van der Waals surface area contributed by atoms with Gasteiger partial charge in [0.1, 0.15) is 12.5 Å². The van der Waals surface area contributed by atoms with Crippen molar-refractivity contribution in [3.63, 3.8) is 0 Å². The molecule has 0 unspecified atom stereocenters. The fourth-order valence-electron chi connectivity index (χ4n) is 1.98. The van der Waals surface area contributed by atoms with Crippen molar-refractivity contribution in [2.75, 3.05) is 10.6 Å². The fraction of sp³-hybridized carbons (Fsp3) is 0. The highest BCUT2D eigenvalue weighted by atomic mass is 35.5. The summed E-state index contributed by atoms with van der Waals surface area (Å²) in [6.45, 7) is 0. The zero-order valence-electron chi connectivity index (χ0n) is 12.0. The van der Waals surface area contributed by atoms with Crippen LogP contribution in [0, 0.1) is 10.1 Å². The van der Waals surface area contributed by atoms with Crippen molar-refractivity contribution >= 4 is 34.7 Å². The van der Waals surface area contributed by atoms with Crippen LogP contribution in [0.1, 0.15) is 0 Å². The minimum absolute atomic E-state index is 0.0617. The molecule has 24 heavy (non-hydrogen) atoms. The van der Waals surface area contributed by atoms with Gasteiger partial charge in [-0.2, -0.15) is 0 Å². The first-order chi connectivity index (χ1) is 11.5. The molecule has 2 N–H and O–H groups in total. The molecule has 0 saturated carbocycles. The third kappa shape index (κ3) is 3.39. The van der Waals surface area contributed by atoms with E-state index in [4.69, 9.17) is 21.1 Å². The molecule has 2 amide bonds. The molecule has 122 valence electrons. The van der Waals surface area contributed by atoms with Gasteiger partial charge in [0.15, 0.2) is 11.5 Å². The molecule has 2 aromatic rings. The Morgan fingerprint density at radius 3 is 2.50 bits per heavy atom. The van der Waals surface area contributed by atoms with Crippen LogP contribution in [0.5, 0.6) is 11.5 Å². The Morgan fingerprint density at radius 2 is 1.79 bits per heavy atom. The maximum atomic E-state index is 12.0. The summed E-state index contributed by atoms with van der Waals surface area (Å²) in [6, 6.07) is 8.08. The summed E-state index contributed by atoms with van der Waals surface area (Å²) in [5.74, 6) is 0.991. The van der Waals surface area contributed by atoms with Gasteiger partial charge in [-0.05, 0) is 18.2 Å². The largest absolute Gasteiger partial charge is 0.458 e. The molecule has 0 aromatic heterocycles. The third-order valence-corrected chi connectivity index (χ3v) is 3.37. The second-order valence-corrected chi connectivity index (χ2v) is 5.08. The molecule has 8 nitrogen and oxygen atoms in total. The van der Waals surface area contributed by atoms with Crippen molar-refractivity contribution in [1.29, 1.82) is 0 Å². The predicted molar refractivity (Wildman–Crippen MR) is 87.6 cm³/mol. The molecule has 0 saturated heterocycles. The number of non-ortho nitro benzene ring substituents is 1. The SMILES string of the molecule is O=C(Nc1ccc2c(c1)OC=CO2)Nc1ccc([N+](=O)[O-])cc1Cl. The van der Waals surface area contributed by atoms with E-state index in [0.29, 0.717) is 17.2 Å². The monoisotopic (exact) mass is 347 g/mol. The smallest absolute Gasteiger partial charge is 0.323 e. The first-order valence-corrected chi connectivity index (χ1v) is 7.05. The second-order valence-electron chi connectivity index (χ2n) is 4.67. The average Bonchev–Trinajstić information content (AvgIpc) is 2.56. The first-order valence-electron chi connectivity index (χ1n) is 6.67. The van der Waals surface area contributed by atoms with E-state index in [0.717, 1.165) is 6.07 Å². The summed E-state index contributed by atoms with van der Waals surface area (Å²) in [5.41, 5.74) is 0.564. The summed E-state index contributed by atoms with van der Waals surface area (Å²) in [7, 11) is 0. The highest BCUT2D eigenvalue weighted by Gasteiger charge is 2.13. The minimum atomic E-state index is -0.570. The molecule has 0 spiro atoms. The number of benzene rings is 2. The quantitative estimate of drug-likeness (QED) is 0.641. The number of anilines is 2. The number of halogens is 1. The van der Waals surface area contributed by atoms with E-state index < -0.39 is 11.0 Å². The molecule has 3 rings (SSSR count). The van der Waals surface area contributed by atoms with Gasteiger partial charge in [-0.1, -0.05) is 11.6 Å². The third-order valence-electron chi connectivity index (χ3n) is 3.06. The maximum absolute atomic E-state index is 12.0. The number of nitro groups is 1. The van der Waals surface area contributed by atoms with Crippen LogP contribution in [0.15, 0.2) is 48.9 Å². The Hall–Kier alpha value is -3.26. The van der Waals surface area contributed by atoms with Crippen LogP contribution in [0.2, 0.25) is 5.02 Å². The lowest BCUT2D eigenvalue weighted by Gasteiger charge is -2.14. The summed E-state index contributed by atoms with van der Waals surface area (Å²) in [5, 5.41) is 15.8. The van der Waals surface area contributed by atoms with Crippen LogP contribution in [0.4, 0.5) is 21.9 Å². The molecular weight excluding hydrogens is 338 g/mol. The number of nitrogens with zero attached hydrogens (tertiary/aromatic N) is 1. The molecular formula is C15H10ClN3O5. The molecule has 2 aromatic carbocycles. The molecule has 0 bridgehead atoms. The van der Waals surface area contributed by atoms with Crippen molar-refractivity contribution < 1.29 is 19.2 Å². The molecule has 0 atom stereocenters. The Labute approximate surface area is 140 Å². The highest BCUT2D eigenvalue weighted by Crippen LogP contribution is 2.33. The lowest BCUT2D eigenvalue weighted by molar-refractivity contribution is -0.384. The summed E-state index contributed by atoms with van der Waals surface area (Å²) >= 11 is 5.92. The summed E-state index contributed by atoms with van der Waals surface area (Å²) < 4.78 is 10.5. The molecule has 1 aliphatic rings. The highest BCUT2D eigenvalue weighted by molar-refractivity contribution is 6.34. The zero-order valence-corrected chi connectivity index (χ0v) is 12.7. The van der Waals surface area contributed by atoms with Crippen molar-refractivity contribution in [2.24, 2.45) is 0 Å². The second kappa shape index (κ2) is 6.47. The number of amides is 2. The zero-order chi connectivity index (χ0) is 17.1. The van der Waals surface area contributed by atoms with E-state index in [1.54, 1.807) is 18.2 Å². The normalized spacial score (nSPS) is 11.7. The molecule has 0 radical (unpaired) electrons. The van der Waals surface area contributed by atoms with Gasteiger partial charge in [-0.25, -0.2) is 4.79 Å². The fourth-order valence-corrected chi connectivity index (χ4v) is 2.20. The topological polar surface area (TPSA) is 103 Å². The van der Waals surface area contributed by atoms with Crippen LogP contribution in [0.3, 0.4) is 0 Å². The molecule has 0 fully saturated rings. The predicted octanol–water partition coefficient (Wildman–Crippen LogP) is 4.13. The van der Waals surface area contributed by atoms with Crippen LogP contribution in [-0.2, 0) is 0 Å². The van der Waals surface area contributed by atoms with Gasteiger partial charge in [0.25, 0.3) is 5.69 Å². The van der Waals surface area contributed by atoms with Crippen LogP contribution >= 0.6 is 11.6 Å². The number of hydrogen-bond acceptors (Lipinski definition) is 5. The van der Waals surface area contributed by atoms with E-state index in [2.05, 4.69) is 10.6 Å². The van der Waals surface area contributed by atoms with Gasteiger partial charge >= 0.3 is 6.03 Å². The maximum Gasteiger partial charge on any atom is 0.323 e. The lowest BCUT2D eigenvalue weighted by Crippen LogP contribution is -2.19. The molecule has 0 aliphatic carbocycles. The number of carbonyl (C=O) groups is 1. The number of fused-ring (bicyclic) bond motifs is 1. The number of ether oxygens (including phenoxy) is 2. The number of urea groups is 1. The Balaban J connectivity index is 1.69. The van der Waals surface area contributed by atoms with Gasteiger partial charge < -0.3 is 20.1 Å². The molecule has 1 aliphatic heterocycles. The van der Waals surface area contributed by atoms with Crippen molar-refractivity contribution in [3.8, 4) is 11.5 Å². The van der Waals surface area contributed by atoms with Gasteiger partial charge in [-0.15, -0.1) is 0 Å². The van der Waals surface area contributed by atoms with Gasteiger partial charge in [0, 0.05) is 23.9 Å². The molecule has 9 heteroatoms. The molecule has 1 heterocycles. The van der Waals surface area contributed by atoms with Crippen molar-refractivity contribution in [3.05, 3.63) is 64.1 Å².